The van der Waals surface area contributed by atoms with Crippen molar-refractivity contribution < 1.29 is 22.9 Å². The van der Waals surface area contributed by atoms with E-state index in [1.165, 1.54) is 6.07 Å². The van der Waals surface area contributed by atoms with Crippen LogP contribution < -0.4 is 16.4 Å². The minimum Gasteiger partial charge on any atom is -0.366 e. The number of hydrogen-bond donors (Lipinski definition) is 3. The van der Waals surface area contributed by atoms with Gasteiger partial charge in [-0.25, -0.2) is 4.98 Å². The summed E-state index contributed by atoms with van der Waals surface area (Å²) in [4.78, 5) is 29.5. The van der Waals surface area contributed by atoms with Crippen LogP contribution >= 0.6 is 11.6 Å². The fourth-order valence-electron chi connectivity index (χ4n) is 2.76. The summed E-state index contributed by atoms with van der Waals surface area (Å²) < 4.78 is 40.0. The molecule has 4 N–H and O–H groups in total. The van der Waals surface area contributed by atoms with Gasteiger partial charge in [-0.2, -0.15) is 18.2 Å². The Morgan fingerprint density at radius 1 is 1.22 bits per heavy atom. The van der Waals surface area contributed by atoms with Crippen LogP contribution in [0, 0.1) is 10.1 Å². The van der Waals surface area contributed by atoms with Crippen LogP contribution in [-0.2, 0) is 12.7 Å². The molecule has 3 aromatic rings. The Kier molecular flexibility index (Phi) is 6.44. The minimum atomic E-state index is -4.77. The maximum Gasteiger partial charge on any atom is 0.418 e. The topological polar surface area (TPSA) is 136 Å². The molecule has 0 aliphatic rings. The third-order valence-corrected chi connectivity index (χ3v) is 4.52. The Bertz CT molecular complexity index is 1190. The van der Waals surface area contributed by atoms with Gasteiger partial charge >= 0.3 is 6.18 Å². The average Bonchev–Trinajstić information content (AvgIpc) is 2.73. The summed E-state index contributed by atoms with van der Waals surface area (Å²) in [7, 11) is 0. The van der Waals surface area contributed by atoms with Crippen LogP contribution in [0.4, 0.5) is 36.3 Å². The van der Waals surface area contributed by atoms with E-state index in [4.69, 9.17) is 17.3 Å². The number of nitrogens with one attached hydrogen (secondary N) is 2. The summed E-state index contributed by atoms with van der Waals surface area (Å²) in [5, 5.41) is 16.2. The zero-order chi connectivity index (χ0) is 23.5. The van der Waals surface area contributed by atoms with Crippen LogP contribution in [0.2, 0.25) is 5.02 Å². The number of rotatable bonds is 7. The Balaban J connectivity index is 1.89. The molecular weight excluding hydrogens is 453 g/mol. The standard InChI is InChI=1S/C19H14ClF3N6O3/c20-14-9-26-18(27-15-7-11(29(31)32)5-6-13(15)19(21,22)23)28-17(14)25-8-10-3-1-2-4-12(10)16(24)30/h1-7,9H,8H2,(H2,24,30)(H2,25,26,27,28). The zero-order valence-electron chi connectivity index (χ0n) is 16.0. The van der Waals surface area contributed by atoms with Crippen molar-refractivity contribution in [2.24, 2.45) is 5.73 Å². The summed E-state index contributed by atoms with van der Waals surface area (Å²) in [6.45, 7) is 0.0832. The number of alkyl halides is 3. The Labute approximate surface area is 183 Å². The van der Waals surface area contributed by atoms with E-state index in [0.29, 0.717) is 11.6 Å². The van der Waals surface area contributed by atoms with Crippen LogP contribution in [-0.4, -0.2) is 20.8 Å². The van der Waals surface area contributed by atoms with E-state index in [2.05, 4.69) is 20.6 Å². The van der Waals surface area contributed by atoms with E-state index < -0.39 is 33.9 Å². The lowest BCUT2D eigenvalue weighted by Crippen LogP contribution is -2.15. The Morgan fingerprint density at radius 3 is 2.59 bits per heavy atom. The van der Waals surface area contributed by atoms with E-state index >= 15 is 0 Å². The number of amides is 1. The number of benzene rings is 2. The highest BCUT2D eigenvalue weighted by Crippen LogP contribution is 2.37. The molecule has 0 unspecified atom stereocenters. The molecule has 0 saturated heterocycles. The first-order chi connectivity index (χ1) is 15.1. The predicted octanol–water partition coefficient (Wildman–Crippen LogP) is 4.51. The number of aromatic nitrogens is 2. The highest BCUT2D eigenvalue weighted by atomic mass is 35.5. The summed E-state index contributed by atoms with van der Waals surface area (Å²) in [5.41, 5.74) is 3.88. The number of carbonyl (C=O) groups is 1. The van der Waals surface area contributed by atoms with E-state index in [9.17, 15) is 28.1 Å². The third kappa shape index (κ3) is 5.21. The molecule has 1 heterocycles. The maximum atomic E-state index is 13.3. The number of non-ortho nitro benzene ring substituents is 1. The molecule has 0 aliphatic carbocycles. The van der Waals surface area contributed by atoms with Crippen molar-refractivity contribution in [1.29, 1.82) is 0 Å². The van der Waals surface area contributed by atoms with Gasteiger partial charge in [0.05, 0.1) is 22.4 Å². The highest BCUT2D eigenvalue weighted by molar-refractivity contribution is 6.32. The molecule has 166 valence electrons. The summed E-state index contributed by atoms with van der Waals surface area (Å²) in [6.07, 6.45) is -3.63. The van der Waals surface area contributed by atoms with E-state index in [1.54, 1.807) is 18.2 Å². The second-order valence-corrected chi connectivity index (χ2v) is 6.78. The zero-order valence-corrected chi connectivity index (χ0v) is 16.7. The fourth-order valence-corrected chi connectivity index (χ4v) is 2.92. The molecule has 3 rings (SSSR count). The number of nitro groups is 1. The fraction of sp³-hybridized carbons (Fsp3) is 0.105. The molecule has 1 amide bonds. The number of anilines is 3. The molecule has 2 aromatic carbocycles. The minimum absolute atomic E-state index is 0.0576. The molecule has 0 saturated carbocycles. The lowest BCUT2D eigenvalue weighted by molar-refractivity contribution is -0.384. The number of carbonyl (C=O) groups excluding carboxylic acids is 1. The van der Waals surface area contributed by atoms with Crippen molar-refractivity contribution in [2.75, 3.05) is 10.6 Å². The summed E-state index contributed by atoms with van der Waals surface area (Å²) >= 11 is 6.06. The quantitative estimate of drug-likeness (QED) is 0.344. The molecular formula is C19H14ClF3N6O3. The van der Waals surface area contributed by atoms with Crippen molar-refractivity contribution >= 4 is 40.6 Å². The lowest BCUT2D eigenvalue weighted by atomic mass is 10.1. The first kappa shape index (κ1) is 22.7. The van der Waals surface area contributed by atoms with Crippen LogP contribution in [0.15, 0.2) is 48.7 Å². The van der Waals surface area contributed by atoms with E-state index in [-0.39, 0.29) is 28.9 Å². The van der Waals surface area contributed by atoms with Gasteiger partial charge in [-0.05, 0) is 17.7 Å². The van der Waals surface area contributed by atoms with E-state index in [0.717, 1.165) is 18.3 Å². The lowest BCUT2D eigenvalue weighted by Gasteiger charge is -2.15. The summed E-state index contributed by atoms with van der Waals surface area (Å²) in [6, 6.07) is 8.60. The molecule has 0 radical (unpaired) electrons. The van der Waals surface area contributed by atoms with Gasteiger partial charge in [-0.15, -0.1) is 0 Å². The Hall–Kier alpha value is -3.93. The number of primary amides is 1. The van der Waals surface area contributed by atoms with E-state index in [1.807, 2.05) is 0 Å². The highest BCUT2D eigenvalue weighted by Gasteiger charge is 2.34. The van der Waals surface area contributed by atoms with Crippen molar-refractivity contribution in [3.05, 3.63) is 80.5 Å². The first-order valence-corrected chi connectivity index (χ1v) is 9.21. The average molecular weight is 467 g/mol. The number of nitrogens with two attached hydrogens (primary N) is 1. The maximum absolute atomic E-state index is 13.3. The first-order valence-electron chi connectivity index (χ1n) is 8.83. The van der Waals surface area contributed by atoms with Crippen molar-refractivity contribution in [2.45, 2.75) is 12.7 Å². The largest absolute Gasteiger partial charge is 0.418 e. The van der Waals surface area contributed by atoms with Crippen molar-refractivity contribution in [3.63, 3.8) is 0 Å². The van der Waals surface area contributed by atoms with Crippen molar-refractivity contribution in [3.8, 4) is 0 Å². The molecule has 1 aromatic heterocycles. The number of nitro benzene ring substituents is 1. The number of halogens is 4. The Morgan fingerprint density at radius 2 is 1.94 bits per heavy atom. The summed E-state index contributed by atoms with van der Waals surface area (Å²) in [5.74, 6) is -0.864. The normalized spacial score (nSPS) is 11.1. The van der Waals surface area contributed by atoms with Crippen LogP contribution in [0.3, 0.4) is 0 Å². The smallest absolute Gasteiger partial charge is 0.366 e. The monoisotopic (exact) mass is 466 g/mol. The molecule has 0 bridgehead atoms. The van der Waals surface area contributed by atoms with Gasteiger partial charge in [0.15, 0.2) is 5.82 Å². The molecule has 9 nitrogen and oxygen atoms in total. The van der Waals surface area contributed by atoms with Gasteiger partial charge in [-0.1, -0.05) is 29.8 Å². The second-order valence-electron chi connectivity index (χ2n) is 6.37. The van der Waals surface area contributed by atoms with Gasteiger partial charge in [0.2, 0.25) is 11.9 Å². The molecule has 0 atom stereocenters. The number of hydrogen-bond acceptors (Lipinski definition) is 7. The van der Waals surface area contributed by atoms with Gasteiger partial charge in [0.1, 0.15) is 5.02 Å². The molecule has 13 heteroatoms. The predicted molar refractivity (Wildman–Crippen MR) is 111 cm³/mol. The van der Waals surface area contributed by atoms with Crippen LogP contribution in [0.25, 0.3) is 0 Å². The van der Waals surface area contributed by atoms with Gasteiger partial charge in [-0.3, -0.25) is 14.9 Å². The molecule has 0 aliphatic heterocycles. The van der Waals surface area contributed by atoms with Crippen LogP contribution in [0.5, 0.6) is 0 Å². The number of nitrogens with zero attached hydrogens (tertiary/aromatic N) is 3. The SMILES string of the molecule is NC(=O)c1ccccc1CNc1nc(Nc2cc([N+](=O)[O-])ccc2C(F)(F)F)ncc1Cl. The van der Waals surface area contributed by atoms with Crippen molar-refractivity contribution in [1.82, 2.24) is 9.97 Å². The molecule has 0 spiro atoms. The molecule has 32 heavy (non-hydrogen) atoms. The second kappa shape index (κ2) is 9.06. The van der Waals surface area contributed by atoms with Gasteiger partial charge in [0.25, 0.3) is 5.69 Å². The van der Waals surface area contributed by atoms with Gasteiger partial charge < -0.3 is 16.4 Å². The third-order valence-electron chi connectivity index (χ3n) is 4.24. The van der Waals surface area contributed by atoms with Crippen LogP contribution in [0.1, 0.15) is 21.5 Å². The molecule has 0 fully saturated rings. The van der Waals surface area contributed by atoms with Gasteiger partial charge in [0, 0.05) is 24.2 Å².